The highest BCUT2D eigenvalue weighted by molar-refractivity contribution is 7.07. The van der Waals surface area contributed by atoms with Gasteiger partial charge in [-0.05, 0) is 57.0 Å². The molecule has 0 saturated carbocycles. The molecular formula is C23H27Si. The monoisotopic (exact) mass is 331 g/mol. The minimum atomic E-state index is -1.55. The van der Waals surface area contributed by atoms with Crippen molar-refractivity contribution in [2.24, 2.45) is 0 Å². The van der Waals surface area contributed by atoms with E-state index in [0.717, 1.165) is 6.42 Å². The molecule has 0 nitrogen and oxygen atoms in total. The van der Waals surface area contributed by atoms with Crippen LogP contribution in [0.5, 0.6) is 0 Å². The predicted molar refractivity (Wildman–Crippen MR) is 108 cm³/mol. The van der Waals surface area contributed by atoms with E-state index in [4.69, 9.17) is 0 Å². The summed E-state index contributed by atoms with van der Waals surface area (Å²) in [7, 11) is -1.55. The molecule has 1 heteroatoms. The average molecular weight is 332 g/mol. The van der Waals surface area contributed by atoms with Crippen molar-refractivity contribution in [3.05, 3.63) is 65.1 Å². The van der Waals surface area contributed by atoms with Crippen LogP contribution in [0.15, 0.2) is 42.0 Å². The van der Waals surface area contributed by atoms with Crippen LogP contribution in [0.4, 0.5) is 0 Å². The molecular weight excluding hydrogens is 304 g/mol. The first-order valence-electron chi connectivity index (χ1n) is 9.35. The summed E-state index contributed by atoms with van der Waals surface area (Å²) in [4.78, 5) is 0. The summed E-state index contributed by atoms with van der Waals surface area (Å²) < 4.78 is 0. The van der Waals surface area contributed by atoms with E-state index in [-0.39, 0.29) is 0 Å². The van der Waals surface area contributed by atoms with E-state index in [1.165, 1.54) is 28.7 Å². The third-order valence-corrected chi connectivity index (χ3v) is 9.78. The van der Waals surface area contributed by atoms with Crippen molar-refractivity contribution < 1.29 is 0 Å². The summed E-state index contributed by atoms with van der Waals surface area (Å²) in [5, 5.41) is 3.34. The third kappa shape index (κ3) is 2.04. The smallest absolute Gasteiger partial charge is 0.0648 e. The van der Waals surface area contributed by atoms with Gasteiger partial charge in [0.2, 0.25) is 0 Å². The molecule has 2 aromatic rings. The predicted octanol–water partition coefficient (Wildman–Crippen LogP) is 6.06. The minimum Gasteiger partial charge on any atom is -0.0648 e. The summed E-state index contributed by atoms with van der Waals surface area (Å²) in [5.41, 5.74) is 9.01. The molecule has 0 N–H and O–H groups in total. The number of rotatable bonds is 4. The van der Waals surface area contributed by atoms with Crippen LogP contribution in [0.1, 0.15) is 56.2 Å². The summed E-state index contributed by atoms with van der Waals surface area (Å²) in [6, 6.07) is 14.2. The Labute approximate surface area is 147 Å². The van der Waals surface area contributed by atoms with E-state index in [1.54, 1.807) is 21.5 Å². The lowest BCUT2D eigenvalue weighted by atomic mass is 9.93. The molecule has 1 aliphatic heterocycles. The van der Waals surface area contributed by atoms with Crippen molar-refractivity contribution in [2.45, 2.75) is 52.6 Å². The van der Waals surface area contributed by atoms with Crippen LogP contribution in [-0.2, 0) is 0 Å². The number of allylic oxidation sites excluding steroid dienone is 1. The highest BCUT2D eigenvalue weighted by Crippen LogP contribution is 2.50. The van der Waals surface area contributed by atoms with Crippen LogP contribution in [0.2, 0.25) is 13.1 Å². The molecule has 1 unspecified atom stereocenters. The minimum absolute atomic E-state index is 0.645. The summed E-state index contributed by atoms with van der Waals surface area (Å²) in [6.07, 6.45) is 4.80. The van der Waals surface area contributed by atoms with Gasteiger partial charge >= 0.3 is 0 Å². The molecule has 4 rings (SSSR count). The van der Waals surface area contributed by atoms with Gasteiger partial charge in [0.15, 0.2) is 0 Å². The first-order chi connectivity index (χ1) is 11.5. The maximum absolute atomic E-state index is 2.53. The normalized spacial score (nSPS) is 18.4. The fourth-order valence-electron chi connectivity index (χ4n) is 4.59. The molecule has 2 aliphatic rings. The second kappa shape index (κ2) is 5.45. The zero-order valence-electron chi connectivity index (χ0n) is 15.5. The molecule has 1 atom stereocenters. The summed E-state index contributed by atoms with van der Waals surface area (Å²) in [6.45, 7) is 11.9. The largest absolute Gasteiger partial charge is 0.113 e. The summed E-state index contributed by atoms with van der Waals surface area (Å²) >= 11 is 0. The Balaban J connectivity index is 1.89. The lowest BCUT2D eigenvalue weighted by Crippen LogP contribution is -2.39. The fourth-order valence-corrected chi connectivity index (χ4v) is 8.20. The maximum atomic E-state index is 2.53. The number of fused-ring (bicyclic) bond motifs is 1. The average Bonchev–Trinajstić information content (AvgIpc) is 3.05. The van der Waals surface area contributed by atoms with Crippen molar-refractivity contribution in [3.63, 3.8) is 0 Å². The van der Waals surface area contributed by atoms with Gasteiger partial charge in [-0.25, -0.2) is 0 Å². The Morgan fingerprint density at radius 3 is 2.25 bits per heavy atom. The molecule has 1 aliphatic carbocycles. The van der Waals surface area contributed by atoms with Crippen LogP contribution in [-0.4, -0.2) is 8.07 Å². The first kappa shape index (κ1) is 15.9. The highest BCUT2D eigenvalue weighted by Gasteiger charge is 2.45. The van der Waals surface area contributed by atoms with E-state index in [0.29, 0.717) is 5.92 Å². The molecule has 0 fully saturated rings. The van der Waals surface area contributed by atoms with Crippen molar-refractivity contribution in [2.75, 3.05) is 0 Å². The Hall–Kier alpha value is -1.60. The van der Waals surface area contributed by atoms with Crippen LogP contribution < -0.4 is 5.19 Å². The molecule has 123 valence electrons. The van der Waals surface area contributed by atoms with Gasteiger partial charge < -0.3 is 0 Å². The van der Waals surface area contributed by atoms with Gasteiger partial charge in [-0.3, -0.25) is 0 Å². The number of benzene rings is 2. The fraction of sp³-hybridized carbons (Fsp3) is 0.348. The standard InChI is InChI=1S/C23H27Si/c1-6-15(3)17-8-10-18(11-9-17)21-20-13-12-19-14-16(7-2)23(22(19)21)24(20,4)5/h8-15H,6-7H2,1-5H3. The second-order valence-corrected chi connectivity index (χ2v) is 12.2. The number of hydrogen-bond acceptors (Lipinski definition) is 0. The lowest BCUT2D eigenvalue weighted by molar-refractivity contribution is 0.734. The van der Waals surface area contributed by atoms with E-state index in [9.17, 15) is 0 Å². The van der Waals surface area contributed by atoms with Gasteiger partial charge in [0, 0.05) is 6.42 Å². The zero-order chi connectivity index (χ0) is 17.1. The molecule has 0 saturated heterocycles. The van der Waals surface area contributed by atoms with Crippen LogP contribution in [0.3, 0.4) is 0 Å². The van der Waals surface area contributed by atoms with Crippen LogP contribution in [0.25, 0.3) is 16.3 Å². The Kier molecular flexibility index (Phi) is 3.61. The summed E-state index contributed by atoms with van der Waals surface area (Å²) in [5.74, 6) is 0.645. The van der Waals surface area contributed by atoms with E-state index in [2.05, 4.69) is 76.7 Å². The quantitative estimate of drug-likeness (QED) is 0.597. The van der Waals surface area contributed by atoms with Gasteiger partial charge in [0.1, 0.15) is 8.07 Å². The third-order valence-electron chi connectivity index (χ3n) is 6.20. The molecule has 0 amide bonds. The van der Waals surface area contributed by atoms with Gasteiger partial charge in [-0.15, -0.1) is 0 Å². The number of hydrogen-bond donors (Lipinski definition) is 0. The van der Waals surface area contributed by atoms with E-state index < -0.39 is 8.07 Å². The highest BCUT2D eigenvalue weighted by atomic mass is 28.3. The zero-order valence-corrected chi connectivity index (χ0v) is 16.5. The van der Waals surface area contributed by atoms with Gasteiger partial charge in [-0.1, -0.05) is 75.8 Å². The molecule has 1 heterocycles. The second-order valence-electron chi connectivity index (χ2n) is 7.91. The van der Waals surface area contributed by atoms with E-state index in [1.807, 2.05) is 0 Å². The van der Waals surface area contributed by atoms with Crippen molar-refractivity contribution in [3.8, 4) is 11.1 Å². The van der Waals surface area contributed by atoms with Crippen molar-refractivity contribution >= 4 is 18.5 Å². The Bertz CT molecular complexity index is 837. The van der Waals surface area contributed by atoms with Gasteiger partial charge in [0.05, 0.1) is 0 Å². The molecule has 0 spiro atoms. The molecule has 2 bridgehead atoms. The van der Waals surface area contributed by atoms with Crippen molar-refractivity contribution in [1.29, 1.82) is 0 Å². The SMILES string of the molecule is CCC1=C2c3c(ccc(c3-c3ccc(C(C)CC)cc3)[Si]2(C)C)[CH]1. The molecule has 2 aromatic carbocycles. The van der Waals surface area contributed by atoms with Crippen LogP contribution >= 0.6 is 0 Å². The molecule has 1 radical (unpaired) electrons. The first-order valence-corrected chi connectivity index (χ1v) is 12.4. The van der Waals surface area contributed by atoms with E-state index >= 15 is 0 Å². The Morgan fingerprint density at radius 1 is 0.917 bits per heavy atom. The maximum Gasteiger partial charge on any atom is 0.113 e. The molecule has 24 heavy (non-hydrogen) atoms. The van der Waals surface area contributed by atoms with Gasteiger partial charge in [0.25, 0.3) is 0 Å². The Morgan fingerprint density at radius 2 is 1.62 bits per heavy atom. The topological polar surface area (TPSA) is 0 Å². The molecule has 0 aromatic heterocycles. The van der Waals surface area contributed by atoms with Gasteiger partial charge in [-0.2, -0.15) is 0 Å². The lowest BCUT2D eigenvalue weighted by Gasteiger charge is -2.21. The van der Waals surface area contributed by atoms with Crippen molar-refractivity contribution in [1.82, 2.24) is 0 Å². The van der Waals surface area contributed by atoms with Crippen LogP contribution in [0, 0.1) is 6.42 Å².